The summed E-state index contributed by atoms with van der Waals surface area (Å²) in [7, 11) is 2.97. The topological polar surface area (TPSA) is 93.5 Å². The van der Waals surface area contributed by atoms with Gasteiger partial charge in [-0.3, -0.25) is 9.59 Å². The Labute approximate surface area is 124 Å². The van der Waals surface area contributed by atoms with Crippen molar-refractivity contribution in [3.8, 4) is 0 Å². The third-order valence-electron chi connectivity index (χ3n) is 2.78. The van der Waals surface area contributed by atoms with Gasteiger partial charge < -0.3 is 21.1 Å². The van der Waals surface area contributed by atoms with Gasteiger partial charge in [0.1, 0.15) is 6.10 Å². The third kappa shape index (κ3) is 4.48. The fourth-order valence-corrected chi connectivity index (χ4v) is 1.57. The summed E-state index contributed by atoms with van der Waals surface area (Å²) in [4.78, 5) is 23.4. The number of ether oxygens (including phenoxy) is 1. The number of nitrogens with two attached hydrogens (primary N) is 1. The minimum Gasteiger partial charge on any atom is -0.370 e. The largest absolute Gasteiger partial charge is 0.370 e. The van der Waals surface area contributed by atoms with Gasteiger partial charge in [-0.2, -0.15) is 0 Å². The van der Waals surface area contributed by atoms with Crippen molar-refractivity contribution in [1.29, 1.82) is 0 Å². The molecule has 0 aromatic heterocycles. The predicted octanol–water partition coefficient (Wildman–Crippen LogP) is 0.689. The molecular formula is C13H20ClN3O3. The summed E-state index contributed by atoms with van der Waals surface area (Å²) < 4.78 is 4.96. The van der Waals surface area contributed by atoms with Crippen LogP contribution in [0.5, 0.6) is 0 Å². The summed E-state index contributed by atoms with van der Waals surface area (Å²) in [6.45, 7) is 1.93. The molecule has 0 saturated heterocycles. The van der Waals surface area contributed by atoms with Crippen molar-refractivity contribution < 1.29 is 14.3 Å². The van der Waals surface area contributed by atoms with Crippen molar-refractivity contribution in [1.82, 2.24) is 5.32 Å². The van der Waals surface area contributed by atoms with Gasteiger partial charge in [-0.1, -0.05) is 6.07 Å². The highest BCUT2D eigenvalue weighted by molar-refractivity contribution is 5.98. The normalized spacial score (nSPS) is 11.2. The minimum absolute atomic E-state index is 0. The molecule has 0 saturated carbocycles. The first-order chi connectivity index (χ1) is 9.03. The molecule has 0 radical (unpaired) electrons. The van der Waals surface area contributed by atoms with E-state index in [0.29, 0.717) is 11.3 Å². The predicted molar refractivity (Wildman–Crippen MR) is 80.3 cm³/mol. The Morgan fingerprint density at radius 1 is 1.40 bits per heavy atom. The molecule has 1 aromatic rings. The molecule has 7 heteroatoms. The molecule has 0 heterocycles. The van der Waals surface area contributed by atoms with Crippen molar-refractivity contribution in [2.75, 3.05) is 26.0 Å². The van der Waals surface area contributed by atoms with Crippen molar-refractivity contribution in [3.05, 3.63) is 29.3 Å². The highest BCUT2D eigenvalue weighted by atomic mass is 35.5. The van der Waals surface area contributed by atoms with Gasteiger partial charge >= 0.3 is 0 Å². The molecule has 1 aromatic carbocycles. The maximum atomic E-state index is 11.9. The standard InChI is InChI=1S/C13H19N3O3.ClH/c1-8-4-5-9(12(17)15-2)6-10(8)16-13(18)11(7-14)19-3;/h4-6,11H,7,14H2,1-3H3,(H,15,17)(H,16,18);1H. The number of benzene rings is 1. The Morgan fingerprint density at radius 2 is 2.05 bits per heavy atom. The first-order valence-corrected chi connectivity index (χ1v) is 5.90. The highest BCUT2D eigenvalue weighted by Gasteiger charge is 2.17. The summed E-state index contributed by atoms with van der Waals surface area (Å²) in [5.74, 6) is -0.542. The maximum Gasteiger partial charge on any atom is 0.254 e. The number of halogens is 1. The molecule has 0 fully saturated rings. The van der Waals surface area contributed by atoms with Gasteiger partial charge in [-0.15, -0.1) is 12.4 Å². The van der Waals surface area contributed by atoms with Gasteiger partial charge in [0.15, 0.2) is 0 Å². The molecule has 4 N–H and O–H groups in total. The van der Waals surface area contributed by atoms with E-state index < -0.39 is 6.10 Å². The molecule has 0 bridgehead atoms. The van der Waals surface area contributed by atoms with Crippen LogP contribution < -0.4 is 16.4 Å². The maximum absolute atomic E-state index is 11.9. The smallest absolute Gasteiger partial charge is 0.254 e. The van der Waals surface area contributed by atoms with Crippen LogP contribution in [0.1, 0.15) is 15.9 Å². The van der Waals surface area contributed by atoms with E-state index in [9.17, 15) is 9.59 Å². The molecule has 0 aliphatic carbocycles. The van der Waals surface area contributed by atoms with Gasteiger partial charge in [0.05, 0.1) is 0 Å². The van der Waals surface area contributed by atoms with Gasteiger partial charge in [0.2, 0.25) is 0 Å². The van der Waals surface area contributed by atoms with Gasteiger partial charge in [-0.25, -0.2) is 0 Å². The van der Waals surface area contributed by atoms with Crippen molar-refractivity contribution in [2.24, 2.45) is 5.73 Å². The van der Waals surface area contributed by atoms with Gasteiger partial charge in [0.25, 0.3) is 11.8 Å². The fraction of sp³-hybridized carbons (Fsp3) is 0.385. The Balaban J connectivity index is 0.00000361. The summed E-state index contributed by atoms with van der Waals surface area (Å²) >= 11 is 0. The Hall–Kier alpha value is -1.63. The molecule has 1 unspecified atom stereocenters. The number of amides is 2. The van der Waals surface area contributed by atoms with E-state index in [1.54, 1.807) is 25.2 Å². The molecule has 20 heavy (non-hydrogen) atoms. The zero-order valence-corrected chi connectivity index (χ0v) is 12.5. The van der Waals surface area contributed by atoms with Crippen LogP contribution in [0.15, 0.2) is 18.2 Å². The van der Waals surface area contributed by atoms with Crippen molar-refractivity contribution in [2.45, 2.75) is 13.0 Å². The number of hydrogen-bond donors (Lipinski definition) is 3. The van der Waals surface area contributed by atoms with E-state index in [-0.39, 0.29) is 30.8 Å². The average Bonchev–Trinajstić information content (AvgIpc) is 2.41. The van der Waals surface area contributed by atoms with E-state index in [4.69, 9.17) is 10.5 Å². The van der Waals surface area contributed by atoms with Gasteiger partial charge in [-0.05, 0) is 24.6 Å². The number of carbonyl (C=O) groups excluding carboxylic acids is 2. The quantitative estimate of drug-likeness (QED) is 0.746. The van der Waals surface area contributed by atoms with Crippen molar-refractivity contribution >= 4 is 29.9 Å². The lowest BCUT2D eigenvalue weighted by Crippen LogP contribution is -2.36. The van der Waals surface area contributed by atoms with Crippen molar-refractivity contribution in [3.63, 3.8) is 0 Å². The molecular weight excluding hydrogens is 282 g/mol. The van der Waals surface area contributed by atoms with Crippen LogP contribution in [-0.4, -0.2) is 38.6 Å². The van der Waals surface area contributed by atoms with Crippen LogP contribution in [0.4, 0.5) is 5.69 Å². The lowest BCUT2D eigenvalue weighted by Gasteiger charge is -2.15. The molecule has 2 amide bonds. The second kappa shape index (κ2) is 8.52. The highest BCUT2D eigenvalue weighted by Crippen LogP contribution is 2.17. The van der Waals surface area contributed by atoms with Crippen LogP contribution >= 0.6 is 12.4 Å². The Morgan fingerprint density at radius 3 is 2.55 bits per heavy atom. The Kier molecular flexibility index (Phi) is 7.83. The SMILES string of the molecule is CNC(=O)c1ccc(C)c(NC(=O)C(CN)OC)c1.Cl. The number of rotatable bonds is 5. The molecule has 1 rings (SSSR count). The zero-order chi connectivity index (χ0) is 14.4. The van der Waals surface area contributed by atoms with Crippen LogP contribution in [0.3, 0.4) is 0 Å². The second-order valence-electron chi connectivity index (χ2n) is 4.06. The first kappa shape index (κ1) is 18.4. The second-order valence-corrected chi connectivity index (χ2v) is 4.06. The number of carbonyl (C=O) groups is 2. The van der Waals surface area contributed by atoms with E-state index in [2.05, 4.69) is 10.6 Å². The number of hydrogen-bond acceptors (Lipinski definition) is 4. The molecule has 112 valence electrons. The molecule has 0 aliphatic heterocycles. The fourth-order valence-electron chi connectivity index (χ4n) is 1.57. The average molecular weight is 302 g/mol. The summed E-state index contributed by atoms with van der Waals surface area (Å²) in [5.41, 5.74) is 7.33. The zero-order valence-electron chi connectivity index (χ0n) is 11.7. The van der Waals surface area contributed by atoms with Crippen LogP contribution in [-0.2, 0) is 9.53 Å². The monoisotopic (exact) mass is 301 g/mol. The van der Waals surface area contributed by atoms with Crippen LogP contribution in [0.25, 0.3) is 0 Å². The van der Waals surface area contributed by atoms with E-state index >= 15 is 0 Å². The number of nitrogens with one attached hydrogen (secondary N) is 2. The lowest BCUT2D eigenvalue weighted by atomic mass is 10.1. The van der Waals surface area contributed by atoms with E-state index in [0.717, 1.165) is 5.56 Å². The summed E-state index contributed by atoms with van der Waals surface area (Å²) in [5, 5.41) is 5.24. The lowest BCUT2D eigenvalue weighted by molar-refractivity contribution is -0.125. The molecule has 0 spiro atoms. The van der Waals surface area contributed by atoms with E-state index in [1.807, 2.05) is 6.92 Å². The minimum atomic E-state index is -0.706. The van der Waals surface area contributed by atoms with Crippen LogP contribution in [0, 0.1) is 6.92 Å². The first-order valence-electron chi connectivity index (χ1n) is 5.90. The molecule has 6 nitrogen and oxygen atoms in total. The van der Waals surface area contributed by atoms with E-state index in [1.165, 1.54) is 7.11 Å². The molecule has 1 atom stereocenters. The molecule has 0 aliphatic rings. The van der Waals surface area contributed by atoms with Gasteiger partial charge in [0, 0.05) is 32.0 Å². The summed E-state index contributed by atoms with van der Waals surface area (Å²) in [6.07, 6.45) is -0.706. The number of anilines is 1. The third-order valence-corrected chi connectivity index (χ3v) is 2.78. The summed E-state index contributed by atoms with van der Waals surface area (Å²) in [6, 6.07) is 5.08. The van der Waals surface area contributed by atoms with Crippen LogP contribution in [0.2, 0.25) is 0 Å². The number of methoxy groups -OCH3 is 1. The number of aryl methyl sites for hydroxylation is 1. The Bertz CT molecular complexity index is 476.